The molecule has 0 radical (unpaired) electrons. The average molecular weight is 395 g/mol. The van der Waals surface area contributed by atoms with Crippen molar-refractivity contribution < 1.29 is 9.84 Å². The predicted octanol–water partition coefficient (Wildman–Crippen LogP) is 3.53. The van der Waals surface area contributed by atoms with E-state index in [2.05, 4.69) is 47.7 Å². The maximum atomic E-state index is 10.2. The Balaban J connectivity index is 1.59. The first-order valence-electron chi connectivity index (χ1n) is 10.1. The number of aromatic amines is 1. The monoisotopic (exact) mass is 394 g/mol. The number of nitrogens with one attached hydrogen (secondary N) is 3. The van der Waals surface area contributed by atoms with Crippen LogP contribution >= 0.6 is 0 Å². The van der Waals surface area contributed by atoms with Crippen molar-refractivity contribution >= 4 is 16.9 Å². The Morgan fingerprint density at radius 1 is 1.10 bits per heavy atom. The first kappa shape index (κ1) is 20.6. The number of para-hydroxylation sites is 2. The second-order valence-electron chi connectivity index (χ2n) is 6.93. The van der Waals surface area contributed by atoms with Gasteiger partial charge in [0.2, 0.25) is 0 Å². The Bertz CT molecular complexity index is 978. The van der Waals surface area contributed by atoms with Crippen LogP contribution in [0.5, 0.6) is 11.5 Å². The number of methoxy groups -OCH3 is 1. The molecule has 0 fully saturated rings. The Morgan fingerprint density at radius 3 is 2.72 bits per heavy atom. The molecule has 4 N–H and O–H groups in total. The fourth-order valence-electron chi connectivity index (χ4n) is 3.53. The van der Waals surface area contributed by atoms with Gasteiger partial charge < -0.3 is 25.5 Å². The van der Waals surface area contributed by atoms with E-state index in [1.54, 1.807) is 13.2 Å². The largest absolute Gasteiger partial charge is 0.504 e. The second-order valence-corrected chi connectivity index (χ2v) is 6.93. The summed E-state index contributed by atoms with van der Waals surface area (Å²) in [7, 11) is 1.56. The standard InChI is InChI=1S/C23H30N4O2/c1-4-24-23(25-14-12-17-8-7-11-21(29-3)22(17)28)26-15-13-18-16(2)27-20-10-6-5-9-19(18)20/h5-11,27-28H,4,12-15H2,1-3H3,(H2,24,25,26). The number of phenols is 1. The fourth-order valence-corrected chi connectivity index (χ4v) is 3.53. The lowest BCUT2D eigenvalue weighted by atomic mass is 10.1. The molecule has 1 heterocycles. The molecule has 6 nitrogen and oxygen atoms in total. The summed E-state index contributed by atoms with van der Waals surface area (Å²) in [6.45, 7) is 6.32. The van der Waals surface area contributed by atoms with Gasteiger partial charge >= 0.3 is 0 Å². The number of hydrogen-bond acceptors (Lipinski definition) is 3. The van der Waals surface area contributed by atoms with Crippen LogP contribution in [0.25, 0.3) is 10.9 Å². The summed E-state index contributed by atoms with van der Waals surface area (Å²) in [6.07, 6.45) is 1.55. The summed E-state index contributed by atoms with van der Waals surface area (Å²) in [5.41, 5.74) is 4.54. The van der Waals surface area contributed by atoms with Crippen LogP contribution < -0.4 is 15.4 Å². The highest BCUT2D eigenvalue weighted by Gasteiger charge is 2.09. The molecule has 154 valence electrons. The van der Waals surface area contributed by atoms with E-state index in [1.165, 1.54) is 22.2 Å². The number of rotatable bonds is 8. The minimum Gasteiger partial charge on any atom is -0.504 e. The number of ether oxygens (including phenoxy) is 1. The van der Waals surface area contributed by atoms with E-state index >= 15 is 0 Å². The number of guanidine groups is 1. The van der Waals surface area contributed by atoms with Crippen LogP contribution in [0.1, 0.15) is 23.7 Å². The van der Waals surface area contributed by atoms with Gasteiger partial charge in [0.15, 0.2) is 17.5 Å². The average Bonchev–Trinajstić information content (AvgIpc) is 3.04. The summed E-state index contributed by atoms with van der Waals surface area (Å²) in [4.78, 5) is 8.16. The third-order valence-corrected chi connectivity index (χ3v) is 4.99. The molecule has 0 saturated carbocycles. The van der Waals surface area contributed by atoms with E-state index < -0.39 is 0 Å². The molecule has 0 saturated heterocycles. The van der Waals surface area contributed by atoms with Crippen molar-refractivity contribution in [3.63, 3.8) is 0 Å². The number of H-pyrrole nitrogens is 1. The SMILES string of the molecule is CCNC(=NCCc1c(C)[nH]c2ccccc12)NCCc1cccc(OC)c1O. The zero-order valence-corrected chi connectivity index (χ0v) is 17.4. The van der Waals surface area contributed by atoms with Gasteiger partial charge in [-0.3, -0.25) is 4.99 Å². The molecule has 29 heavy (non-hydrogen) atoms. The third kappa shape index (κ3) is 5.02. The minimum absolute atomic E-state index is 0.202. The summed E-state index contributed by atoms with van der Waals surface area (Å²) in [5, 5.41) is 18.1. The normalized spacial score (nSPS) is 11.6. The topological polar surface area (TPSA) is 81.7 Å². The Labute approximate surface area is 172 Å². The number of aromatic nitrogens is 1. The highest BCUT2D eigenvalue weighted by atomic mass is 16.5. The van der Waals surface area contributed by atoms with Crippen molar-refractivity contribution in [2.75, 3.05) is 26.7 Å². The maximum absolute atomic E-state index is 10.2. The van der Waals surface area contributed by atoms with Gasteiger partial charge in [-0.2, -0.15) is 0 Å². The maximum Gasteiger partial charge on any atom is 0.191 e. The summed E-state index contributed by atoms with van der Waals surface area (Å²) < 4.78 is 5.17. The van der Waals surface area contributed by atoms with Crippen LogP contribution in [0.4, 0.5) is 0 Å². The number of benzene rings is 2. The number of phenolic OH excluding ortho intramolecular Hbond substituents is 1. The van der Waals surface area contributed by atoms with E-state index in [4.69, 9.17) is 9.73 Å². The van der Waals surface area contributed by atoms with E-state index in [0.717, 1.165) is 24.5 Å². The summed E-state index contributed by atoms with van der Waals surface area (Å²) >= 11 is 0. The van der Waals surface area contributed by atoms with E-state index in [-0.39, 0.29) is 5.75 Å². The van der Waals surface area contributed by atoms with Crippen LogP contribution in [0.2, 0.25) is 0 Å². The van der Waals surface area contributed by atoms with Crippen molar-refractivity contribution in [2.24, 2.45) is 4.99 Å². The van der Waals surface area contributed by atoms with Crippen molar-refractivity contribution in [2.45, 2.75) is 26.7 Å². The molecule has 6 heteroatoms. The summed E-state index contributed by atoms with van der Waals surface area (Å²) in [6, 6.07) is 13.9. The first-order chi connectivity index (χ1) is 14.1. The summed E-state index contributed by atoms with van der Waals surface area (Å²) in [5.74, 6) is 1.48. The fraction of sp³-hybridized carbons (Fsp3) is 0.348. The van der Waals surface area contributed by atoms with Gasteiger partial charge in [-0.15, -0.1) is 0 Å². The van der Waals surface area contributed by atoms with Gasteiger partial charge in [0.25, 0.3) is 0 Å². The van der Waals surface area contributed by atoms with Crippen molar-refractivity contribution in [1.29, 1.82) is 0 Å². The molecule has 0 aliphatic carbocycles. The second kappa shape index (κ2) is 9.87. The molecule has 0 atom stereocenters. The van der Waals surface area contributed by atoms with Crippen LogP contribution in [0.3, 0.4) is 0 Å². The molecular weight excluding hydrogens is 364 g/mol. The molecule has 0 aliphatic heterocycles. The van der Waals surface area contributed by atoms with Crippen molar-refractivity contribution in [3.05, 3.63) is 59.3 Å². The van der Waals surface area contributed by atoms with Crippen molar-refractivity contribution in [1.82, 2.24) is 15.6 Å². The predicted molar refractivity (Wildman–Crippen MR) is 119 cm³/mol. The number of nitrogens with zero attached hydrogens (tertiary/aromatic N) is 1. The third-order valence-electron chi connectivity index (χ3n) is 4.99. The molecular formula is C23H30N4O2. The van der Waals surface area contributed by atoms with Crippen LogP contribution in [0, 0.1) is 6.92 Å². The molecule has 0 spiro atoms. The van der Waals surface area contributed by atoms with Crippen LogP contribution in [0.15, 0.2) is 47.5 Å². The number of hydrogen-bond donors (Lipinski definition) is 4. The van der Waals surface area contributed by atoms with E-state index in [9.17, 15) is 5.11 Å². The minimum atomic E-state index is 0.202. The molecule has 0 bridgehead atoms. The smallest absolute Gasteiger partial charge is 0.191 e. The van der Waals surface area contributed by atoms with Gasteiger partial charge in [0.1, 0.15) is 0 Å². The van der Waals surface area contributed by atoms with Crippen LogP contribution in [-0.4, -0.2) is 42.8 Å². The quantitative estimate of drug-likeness (QED) is 0.348. The van der Waals surface area contributed by atoms with Gasteiger partial charge in [-0.1, -0.05) is 30.3 Å². The Hall–Kier alpha value is -3.15. The number of fused-ring (bicyclic) bond motifs is 1. The molecule has 0 aliphatic rings. The zero-order valence-electron chi connectivity index (χ0n) is 17.4. The van der Waals surface area contributed by atoms with Crippen molar-refractivity contribution in [3.8, 4) is 11.5 Å². The number of aryl methyl sites for hydroxylation is 1. The van der Waals surface area contributed by atoms with Crippen LogP contribution in [-0.2, 0) is 12.8 Å². The zero-order chi connectivity index (χ0) is 20.6. The van der Waals surface area contributed by atoms with E-state index in [1.807, 2.05) is 18.2 Å². The number of aromatic hydroxyl groups is 1. The molecule has 3 aromatic rings. The van der Waals surface area contributed by atoms with Gasteiger partial charge in [-0.05, 0) is 49.9 Å². The number of aliphatic imine (C=N–C) groups is 1. The lowest BCUT2D eigenvalue weighted by molar-refractivity contribution is 0.370. The Morgan fingerprint density at radius 2 is 1.93 bits per heavy atom. The van der Waals surface area contributed by atoms with Gasteiger partial charge in [0.05, 0.1) is 7.11 Å². The lowest BCUT2D eigenvalue weighted by Gasteiger charge is -2.13. The van der Waals surface area contributed by atoms with Gasteiger partial charge in [0, 0.05) is 36.2 Å². The highest BCUT2D eigenvalue weighted by Crippen LogP contribution is 2.29. The lowest BCUT2D eigenvalue weighted by Crippen LogP contribution is -2.38. The molecule has 1 aromatic heterocycles. The highest BCUT2D eigenvalue weighted by molar-refractivity contribution is 5.84. The van der Waals surface area contributed by atoms with Gasteiger partial charge in [-0.25, -0.2) is 0 Å². The molecule has 2 aromatic carbocycles. The molecule has 0 unspecified atom stereocenters. The van der Waals surface area contributed by atoms with E-state index in [0.29, 0.717) is 25.3 Å². The first-order valence-corrected chi connectivity index (χ1v) is 10.1. The Kier molecular flexibility index (Phi) is 7.00. The molecule has 3 rings (SSSR count). The molecule has 0 amide bonds.